The number of carbonyl (C=O) groups excluding carboxylic acids is 3. The summed E-state index contributed by atoms with van der Waals surface area (Å²) in [6.45, 7) is 9.79. The number of nitrogens with zero attached hydrogens (tertiary/aromatic N) is 1. The van der Waals surface area contributed by atoms with Crippen LogP contribution in [-0.4, -0.2) is 43.1 Å². The van der Waals surface area contributed by atoms with Crippen LogP contribution in [0.2, 0.25) is 0 Å². The molecule has 0 fully saturated rings. The molecule has 0 spiro atoms. The summed E-state index contributed by atoms with van der Waals surface area (Å²) in [6.07, 6.45) is -0.242. The summed E-state index contributed by atoms with van der Waals surface area (Å²) in [4.78, 5) is 39.0. The molecule has 0 saturated heterocycles. The van der Waals surface area contributed by atoms with Crippen molar-refractivity contribution in [3.05, 3.63) is 23.8 Å². The van der Waals surface area contributed by atoms with E-state index in [1.165, 1.54) is 0 Å². The van der Waals surface area contributed by atoms with Gasteiger partial charge in [0.25, 0.3) is 0 Å². The maximum absolute atomic E-state index is 12.7. The molecule has 7 heteroatoms. The Balaban J connectivity index is 2.21. The van der Waals surface area contributed by atoms with Crippen molar-refractivity contribution < 1.29 is 23.9 Å². The van der Waals surface area contributed by atoms with Gasteiger partial charge in [0.15, 0.2) is 6.10 Å². The summed E-state index contributed by atoms with van der Waals surface area (Å²) in [5, 5.41) is 2.81. The summed E-state index contributed by atoms with van der Waals surface area (Å²) in [6, 6.07) is 4.98. The molecule has 1 aromatic rings. The first-order valence-corrected chi connectivity index (χ1v) is 9.55. The minimum Gasteiger partial charge on any atom is -0.457 e. The van der Waals surface area contributed by atoms with Crippen molar-refractivity contribution in [3.8, 4) is 0 Å². The van der Waals surface area contributed by atoms with Crippen LogP contribution >= 0.6 is 0 Å². The Morgan fingerprint density at radius 2 is 1.93 bits per heavy atom. The van der Waals surface area contributed by atoms with Gasteiger partial charge in [0.05, 0.1) is 16.9 Å². The summed E-state index contributed by atoms with van der Waals surface area (Å²) in [5.41, 5.74) is 0.981. The van der Waals surface area contributed by atoms with Crippen LogP contribution in [0.25, 0.3) is 0 Å². The molecule has 1 aliphatic rings. The van der Waals surface area contributed by atoms with Gasteiger partial charge in [-0.15, -0.1) is 0 Å². The Bertz CT molecular complexity index is 752. The second-order valence-electron chi connectivity index (χ2n) is 8.51. The molecule has 154 valence electrons. The SMILES string of the molecule is CC(C)CC(OC(=O)c1ccc2c(c1)NC(=O)CCN2C)C(=O)OC(C)(C)C. The number of amides is 1. The average molecular weight is 390 g/mol. The van der Waals surface area contributed by atoms with E-state index in [0.29, 0.717) is 25.1 Å². The molecule has 0 saturated carbocycles. The number of anilines is 2. The number of carbonyl (C=O) groups is 3. The first kappa shape index (κ1) is 21.7. The first-order chi connectivity index (χ1) is 13.0. The van der Waals surface area contributed by atoms with Crippen molar-refractivity contribution >= 4 is 29.2 Å². The summed E-state index contributed by atoms with van der Waals surface area (Å²) < 4.78 is 10.9. The van der Waals surface area contributed by atoms with Crippen molar-refractivity contribution in [3.63, 3.8) is 0 Å². The predicted molar refractivity (Wildman–Crippen MR) is 107 cm³/mol. The Hall–Kier alpha value is -2.57. The number of esters is 2. The quantitative estimate of drug-likeness (QED) is 0.776. The van der Waals surface area contributed by atoms with E-state index in [2.05, 4.69) is 5.32 Å². The predicted octanol–water partition coefficient (Wildman–Crippen LogP) is 3.38. The van der Waals surface area contributed by atoms with E-state index >= 15 is 0 Å². The molecule has 1 atom stereocenters. The number of rotatable bonds is 5. The number of fused-ring (bicyclic) bond motifs is 1. The molecule has 1 aliphatic heterocycles. The zero-order valence-corrected chi connectivity index (χ0v) is 17.5. The molecule has 1 N–H and O–H groups in total. The van der Waals surface area contributed by atoms with Crippen molar-refractivity contribution in [2.45, 2.75) is 59.2 Å². The maximum atomic E-state index is 12.7. The zero-order valence-electron chi connectivity index (χ0n) is 17.5. The second kappa shape index (κ2) is 8.63. The Labute approximate surface area is 166 Å². The van der Waals surface area contributed by atoms with Gasteiger partial charge in [-0.2, -0.15) is 0 Å². The van der Waals surface area contributed by atoms with Gasteiger partial charge in [-0.3, -0.25) is 4.79 Å². The van der Waals surface area contributed by atoms with Crippen molar-refractivity contribution in [2.75, 3.05) is 23.8 Å². The fourth-order valence-corrected chi connectivity index (χ4v) is 2.88. The number of ether oxygens (including phenoxy) is 2. The van der Waals surface area contributed by atoms with Crippen LogP contribution in [-0.2, 0) is 19.1 Å². The molecule has 7 nitrogen and oxygen atoms in total. The topological polar surface area (TPSA) is 84.9 Å². The van der Waals surface area contributed by atoms with Crippen LogP contribution in [0.15, 0.2) is 18.2 Å². The minimum atomic E-state index is -0.984. The van der Waals surface area contributed by atoms with E-state index in [1.807, 2.05) is 25.8 Å². The smallest absolute Gasteiger partial charge is 0.347 e. The lowest BCUT2D eigenvalue weighted by Gasteiger charge is -2.25. The average Bonchev–Trinajstić information content (AvgIpc) is 2.70. The molecular weight excluding hydrogens is 360 g/mol. The van der Waals surface area contributed by atoms with Gasteiger partial charge in [0.2, 0.25) is 5.91 Å². The first-order valence-electron chi connectivity index (χ1n) is 9.55. The van der Waals surface area contributed by atoms with Crippen LogP contribution in [0, 0.1) is 5.92 Å². The van der Waals surface area contributed by atoms with Crippen molar-refractivity contribution in [2.24, 2.45) is 5.92 Å². The van der Waals surface area contributed by atoms with Gasteiger partial charge in [-0.25, -0.2) is 9.59 Å². The Morgan fingerprint density at radius 1 is 1.25 bits per heavy atom. The monoisotopic (exact) mass is 390 g/mol. The van der Waals surface area contributed by atoms with E-state index in [0.717, 1.165) is 5.69 Å². The molecule has 1 heterocycles. The second-order valence-corrected chi connectivity index (χ2v) is 8.51. The fraction of sp³-hybridized carbons (Fsp3) is 0.571. The van der Waals surface area contributed by atoms with Gasteiger partial charge in [0.1, 0.15) is 5.60 Å². The molecular formula is C21H30N2O5. The van der Waals surface area contributed by atoms with Gasteiger partial charge >= 0.3 is 11.9 Å². The van der Waals surface area contributed by atoms with E-state index in [-0.39, 0.29) is 17.4 Å². The lowest BCUT2D eigenvalue weighted by atomic mass is 10.1. The molecule has 28 heavy (non-hydrogen) atoms. The van der Waals surface area contributed by atoms with E-state index < -0.39 is 23.6 Å². The molecule has 1 amide bonds. The third-order valence-electron chi connectivity index (χ3n) is 4.20. The van der Waals surface area contributed by atoms with E-state index in [1.54, 1.807) is 39.0 Å². The molecule has 1 aromatic carbocycles. The molecule has 2 rings (SSSR count). The molecule has 0 aromatic heterocycles. The fourth-order valence-electron chi connectivity index (χ4n) is 2.88. The van der Waals surface area contributed by atoms with Crippen LogP contribution in [0.4, 0.5) is 11.4 Å². The van der Waals surface area contributed by atoms with Crippen LogP contribution in [0.3, 0.4) is 0 Å². The van der Waals surface area contributed by atoms with Crippen LogP contribution in [0.1, 0.15) is 57.8 Å². The van der Waals surface area contributed by atoms with Gasteiger partial charge in [0, 0.05) is 20.0 Å². The maximum Gasteiger partial charge on any atom is 0.347 e. The van der Waals surface area contributed by atoms with Crippen LogP contribution < -0.4 is 10.2 Å². The minimum absolute atomic E-state index is 0.109. The Kier molecular flexibility index (Phi) is 6.69. The Morgan fingerprint density at radius 3 is 2.54 bits per heavy atom. The standard InChI is InChI=1S/C21H30N2O5/c1-13(2)11-17(20(26)28-21(3,4)5)27-19(25)14-7-8-16-15(12-14)22-18(24)9-10-23(16)6/h7-8,12-13,17H,9-11H2,1-6H3,(H,22,24). The van der Waals surface area contributed by atoms with Crippen molar-refractivity contribution in [1.82, 2.24) is 0 Å². The summed E-state index contributed by atoms with van der Waals surface area (Å²) >= 11 is 0. The normalized spacial score (nSPS) is 15.4. The van der Waals surface area contributed by atoms with Gasteiger partial charge < -0.3 is 19.7 Å². The number of hydrogen-bond donors (Lipinski definition) is 1. The number of nitrogens with one attached hydrogen (secondary N) is 1. The van der Waals surface area contributed by atoms with Crippen molar-refractivity contribution in [1.29, 1.82) is 0 Å². The third-order valence-corrected chi connectivity index (χ3v) is 4.20. The highest BCUT2D eigenvalue weighted by Gasteiger charge is 2.30. The van der Waals surface area contributed by atoms with E-state index in [9.17, 15) is 14.4 Å². The third kappa shape index (κ3) is 5.97. The molecule has 0 bridgehead atoms. The number of hydrogen-bond acceptors (Lipinski definition) is 6. The summed E-state index contributed by atoms with van der Waals surface area (Å²) in [7, 11) is 1.89. The summed E-state index contributed by atoms with van der Waals surface area (Å²) in [5.74, 6) is -1.15. The van der Waals surface area contributed by atoms with Gasteiger partial charge in [-0.1, -0.05) is 13.8 Å². The molecule has 1 unspecified atom stereocenters. The van der Waals surface area contributed by atoms with Gasteiger partial charge in [-0.05, 0) is 51.3 Å². The largest absolute Gasteiger partial charge is 0.457 e. The highest BCUT2D eigenvalue weighted by Crippen LogP contribution is 2.29. The highest BCUT2D eigenvalue weighted by atomic mass is 16.6. The highest BCUT2D eigenvalue weighted by molar-refractivity contribution is 5.99. The molecule has 0 aliphatic carbocycles. The van der Waals surface area contributed by atoms with E-state index in [4.69, 9.17) is 9.47 Å². The zero-order chi connectivity index (χ0) is 21.1. The molecule has 0 radical (unpaired) electrons. The van der Waals surface area contributed by atoms with Crippen LogP contribution in [0.5, 0.6) is 0 Å². The number of benzene rings is 1. The lowest BCUT2D eigenvalue weighted by Crippen LogP contribution is -2.35. The lowest BCUT2D eigenvalue weighted by molar-refractivity contribution is -0.166.